The first kappa shape index (κ1) is 16.8. The summed E-state index contributed by atoms with van der Waals surface area (Å²) in [5.74, 6) is 0.494. The monoisotopic (exact) mass is 330 g/mol. The lowest BCUT2D eigenvalue weighted by atomic mass is 10.2. The molecule has 120 valence electrons. The Bertz CT molecular complexity index is 865. The van der Waals surface area contributed by atoms with E-state index in [-0.39, 0.29) is 22.9 Å². The van der Waals surface area contributed by atoms with Gasteiger partial charge in [-0.05, 0) is 24.3 Å². The molecule has 0 aliphatic rings. The highest BCUT2D eigenvalue weighted by atomic mass is 16.5. The van der Waals surface area contributed by atoms with Crippen molar-refractivity contribution in [1.82, 2.24) is 0 Å². The van der Waals surface area contributed by atoms with Crippen LogP contribution in [0.5, 0.6) is 11.5 Å². The predicted molar refractivity (Wildman–Crippen MR) is 89.9 cm³/mol. The van der Waals surface area contributed by atoms with E-state index in [9.17, 15) is 0 Å². The molecule has 0 spiro atoms. The molecule has 0 bridgehead atoms. The van der Waals surface area contributed by atoms with Crippen LogP contribution in [0.15, 0.2) is 36.4 Å². The molecule has 0 saturated carbocycles. The maximum absolute atomic E-state index is 8.93. The molecule has 0 aliphatic carbocycles. The van der Waals surface area contributed by atoms with E-state index in [2.05, 4.69) is 21.3 Å². The van der Waals surface area contributed by atoms with Gasteiger partial charge in [0.15, 0.2) is 36.3 Å². The first-order valence-electron chi connectivity index (χ1n) is 6.79. The fourth-order valence-electron chi connectivity index (χ4n) is 2.05. The van der Waals surface area contributed by atoms with E-state index in [4.69, 9.17) is 25.8 Å². The Labute approximate surface area is 143 Å². The zero-order valence-corrected chi connectivity index (χ0v) is 12.7. The van der Waals surface area contributed by atoms with Crippen molar-refractivity contribution >= 4 is 22.7 Å². The summed E-state index contributed by atoms with van der Waals surface area (Å²) in [5.41, 5.74) is 1.21. The lowest BCUT2D eigenvalue weighted by Crippen LogP contribution is -2.01. The van der Waals surface area contributed by atoms with E-state index >= 15 is 0 Å². The van der Waals surface area contributed by atoms with Crippen LogP contribution in [0.3, 0.4) is 0 Å². The van der Waals surface area contributed by atoms with Crippen molar-refractivity contribution in [2.24, 2.45) is 0 Å². The highest BCUT2D eigenvalue weighted by Gasteiger charge is 2.14. The standard InChI is InChI=1S/C16H10N8O/c17-7-21-11-3-1-5-13(15(11)23-9-19)25-14-6-2-4-12(22-8-18)16(14)24-10-20/h1-6,21-24H. The van der Waals surface area contributed by atoms with Crippen molar-refractivity contribution in [2.75, 3.05) is 21.3 Å². The maximum atomic E-state index is 8.93. The zero-order valence-electron chi connectivity index (χ0n) is 12.7. The SMILES string of the molecule is N#CNc1cccc(Oc2cccc(NC#N)c2NC#N)c1NC#N. The highest BCUT2D eigenvalue weighted by Crippen LogP contribution is 2.40. The summed E-state index contributed by atoms with van der Waals surface area (Å²) in [7, 11) is 0. The first-order valence-corrected chi connectivity index (χ1v) is 6.79. The van der Waals surface area contributed by atoms with Gasteiger partial charge in [0.05, 0.1) is 11.4 Å². The van der Waals surface area contributed by atoms with Crippen molar-refractivity contribution in [1.29, 1.82) is 21.0 Å². The van der Waals surface area contributed by atoms with Gasteiger partial charge in [0, 0.05) is 0 Å². The predicted octanol–water partition coefficient (Wildman–Crippen LogP) is 3.05. The third kappa shape index (κ3) is 3.78. The van der Waals surface area contributed by atoms with E-state index in [0.29, 0.717) is 11.4 Å². The molecule has 0 amide bonds. The summed E-state index contributed by atoms with van der Waals surface area (Å²) < 4.78 is 5.79. The second kappa shape index (κ2) is 8.14. The molecule has 2 rings (SSSR count). The molecule has 2 aromatic carbocycles. The molecule has 25 heavy (non-hydrogen) atoms. The van der Waals surface area contributed by atoms with E-state index in [0.717, 1.165) is 0 Å². The molecule has 0 aliphatic heterocycles. The number of nitriles is 4. The summed E-state index contributed by atoms with van der Waals surface area (Å²) in [4.78, 5) is 0. The molecule has 0 radical (unpaired) electrons. The fraction of sp³-hybridized carbons (Fsp3) is 0. The van der Waals surface area contributed by atoms with Crippen LogP contribution in [-0.4, -0.2) is 0 Å². The number of nitrogens with one attached hydrogen (secondary N) is 4. The molecule has 4 N–H and O–H groups in total. The van der Waals surface area contributed by atoms with Gasteiger partial charge in [-0.1, -0.05) is 12.1 Å². The molecule has 0 saturated heterocycles. The van der Waals surface area contributed by atoms with Crippen molar-refractivity contribution in [3.8, 4) is 36.3 Å². The van der Waals surface area contributed by atoms with Crippen molar-refractivity contribution in [2.45, 2.75) is 0 Å². The van der Waals surface area contributed by atoms with Crippen LogP contribution < -0.4 is 26.0 Å². The lowest BCUT2D eigenvalue weighted by molar-refractivity contribution is 0.487. The third-order valence-corrected chi connectivity index (χ3v) is 3.02. The Balaban J connectivity index is 2.50. The Kier molecular flexibility index (Phi) is 5.46. The van der Waals surface area contributed by atoms with Crippen LogP contribution in [0.1, 0.15) is 0 Å². The number of benzene rings is 2. The quantitative estimate of drug-likeness (QED) is 0.462. The largest absolute Gasteiger partial charge is 0.453 e. The van der Waals surface area contributed by atoms with Crippen LogP contribution in [0, 0.1) is 45.8 Å². The number of hydrogen-bond donors (Lipinski definition) is 4. The number of anilines is 4. The number of nitrogens with zero attached hydrogens (tertiary/aromatic N) is 4. The van der Waals surface area contributed by atoms with Gasteiger partial charge in [-0.15, -0.1) is 0 Å². The van der Waals surface area contributed by atoms with Crippen LogP contribution in [-0.2, 0) is 0 Å². The normalized spacial score (nSPS) is 8.64. The second-order valence-corrected chi connectivity index (χ2v) is 4.41. The molecule has 0 atom stereocenters. The fourth-order valence-corrected chi connectivity index (χ4v) is 2.05. The van der Waals surface area contributed by atoms with Crippen molar-refractivity contribution in [3.63, 3.8) is 0 Å². The van der Waals surface area contributed by atoms with E-state index in [1.165, 1.54) is 0 Å². The van der Waals surface area contributed by atoms with Gasteiger partial charge in [0.1, 0.15) is 11.4 Å². The summed E-state index contributed by atoms with van der Waals surface area (Å²) in [6.45, 7) is 0. The molecule has 0 heterocycles. The Morgan fingerprint density at radius 2 is 1.00 bits per heavy atom. The minimum absolute atomic E-state index is 0.247. The summed E-state index contributed by atoms with van der Waals surface area (Å²) in [6.07, 6.45) is 7.11. The van der Waals surface area contributed by atoms with Gasteiger partial charge in [-0.2, -0.15) is 21.0 Å². The molecule has 0 unspecified atom stereocenters. The van der Waals surface area contributed by atoms with Crippen LogP contribution in [0.25, 0.3) is 0 Å². The average molecular weight is 330 g/mol. The molecule has 9 nitrogen and oxygen atoms in total. The first-order chi connectivity index (χ1) is 12.2. The number of ether oxygens (including phenoxy) is 1. The van der Waals surface area contributed by atoms with Gasteiger partial charge in [0.25, 0.3) is 0 Å². The highest BCUT2D eigenvalue weighted by molar-refractivity contribution is 5.81. The van der Waals surface area contributed by atoms with Crippen LogP contribution >= 0.6 is 0 Å². The second-order valence-electron chi connectivity index (χ2n) is 4.41. The summed E-state index contributed by atoms with van der Waals surface area (Å²) in [5, 5.41) is 45.3. The molecule has 2 aromatic rings. The van der Waals surface area contributed by atoms with Crippen LogP contribution in [0.4, 0.5) is 22.7 Å². The van der Waals surface area contributed by atoms with E-state index in [1.807, 2.05) is 0 Å². The molecule has 0 fully saturated rings. The molecule has 9 heteroatoms. The van der Waals surface area contributed by atoms with Gasteiger partial charge < -0.3 is 4.74 Å². The lowest BCUT2D eigenvalue weighted by Gasteiger charge is -2.16. The minimum atomic E-state index is 0.247. The third-order valence-electron chi connectivity index (χ3n) is 3.02. The van der Waals surface area contributed by atoms with Gasteiger partial charge in [-0.25, -0.2) is 0 Å². The molecular weight excluding hydrogens is 320 g/mol. The number of hydrogen-bond acceptors (Lipinski definition) is 9. The van der Waals surface area contributed by atoms with Crippen molar-refractivity contribution < 1.29 is 4.74 Å². The van der Waals surface area contributed by atoms with Crippen molar-refractivity contribution in [3.05, 3.63) is 36.4 Å². The molecule has 0 aromatic heterocycles. The zero-order chi connectivity index (χ0) is 18.1. The minimum Gasteiger partial charge on any atom is -0.453 e. The number of rotatable bonds is 6. The summed E-state index contributed by atoms with van der Waals surface area (Å²) >= 11 is 0. The maximum Gasteiger partial charge on any atom is 0.181 e. The van der Waals surface area contributed by atoms with Gasteiger partial charge in [-0.3, -0.25) is 21.3 Å². The average Bonchev–Trinajstić information content (AvgIpc) is 2.61. The topological polar surface area (TPSA) is 153 Å². The Hall–Kier alpha value is -4.60. The Morgan fingerprint density at radius 1 is 0.600 bits per heavy atom. The van der Waals surface area contributed by atoms with E-state index < -0.39 is 0 Å². The Morgan fingerprint density at radius 3 is 1.36 bits per heavy atom. The van der Waals surface area contributed by atoms with Crippen LogP contribution in [0.2, 0.25) is 0 Å². The number of para-hydroxylation sites is 2. The van der Waals surface area contributed by atoms with Gasteiger partial charge in [0.2, 0.25) is 0 Å². The summed E-state index contributed by atoms with van der Waals surface area (Å²) in [6, 6.07) is 9.62. The van der Waals surface area contributed by atoms with E-state index in [1.54, 1.807) is 61.2 Å². The van der Waals surface area contributed by atoms with Gasteiger partial charge >= 0.3 is 0 Å². The molecular formula is C16H10N8O. The smallest absolute Gasteiger partial charge is 0.181 e.